The predicted octanol–water partition coefficient (Wildman–Crippen LogP) is 4.83. The molecule has 0 aliphatic carbocycles. The Morgan fingerprint density at radius 2 is 1.76 bits per heavy atom. The van der Waals surface area contributed by atoms with Crippen LogP contribution in [0.5, 0.6) is 0 Å². The lowest BCUT2D eigenvalue weighted by molar-refractivity contribution is 0.0682. The van der Waals surface area contributed by atoms with E-state index in [1.807, 2.05) is 40.8 Å². The molecule has 2 aromatic carbocycles. The summed E-state index contributed by atoms with van der Waals surface area (Å²) < 4.78 is 2.05. The lowest BCUT2D eigenvalue weighted by Crippen LogP contribution is -2.43. The van der Waals surface area contributed by atoms with Gasteiger partial charge in [0, 0.05) is 23.5 Å². The van der Waals surface area contributed by atoms with Gasteiger partial charge in [-0.3, -0.25) is 9.48 Å². The number of aromatic nitrogens is 2. The summed E-state index contributed by atoms with van der Waals surface area (Å²) in [5.41, 5.74) is 7.24. The van der Waals surface area contributed by atoms with Gasteiger partial charge >= 0.3 is 0 Å². The van der Waals surface area contributed by atoms with Crippen LogP contribution in [0.4, 0.5) is 5.69 Å². The molecular weight excluding hydrogens is 360 g/mol. The number of hydrogen-bond acceptors (Lipinski definition) is 3. The zero-order valence-electron chi connectivity index (χ0n) is 17.6. The van der Waals surface area contributed by atoms with Crippen LogP contribution in [-0.4, -0.2) is 27.1 Å². The first kappa shape index (κ1) is 19.2. The molecule has 2 heterocycles. The molecule has 1 atom stereocenters. The zero-order valence-corrected chi connectivity index (χ0v) is 17.6. The summed E-state index contributed by atoms with van der Waals surface area (Å²) in [7, 11) is 0. The molecule has 0 radical (unpaired) electrons. The third kappa shape index (κ3) is 3.53. The molecule has 29 heavy (non-hydrogen) atoms. The number of nitrogens with zero attached hydrogens (tertiary/aromatic N) is 3. The van der Waals surface area contributed by atoms with Crippen LogP contribution in [0, 0.1) is 20.8 Å². The highest BCUT2D eigenvalue weighted by Crippen LogP contribution is 2.35. The van der Waals surface area contributed by atoms with Crippen molar-refractivity contribution in [2.45, 2.75) is 46.8 Å². The van der Waals surface area contributed by atoms with Crippen LogP contribution in [0.2, 0.25) is 0 Å². The third-order valence-electron chi connectivity index (χ3n) is 5.65. The molecule has 1 N–H and O–H groups in total. The topological polar surface area (TPSA) is 50.2 Å². The molecule has 1 aliphatic heterocycles. The molecular formula is C24H28N4O. The number of nitrogens with one attached hydrogen (secondary N) is 1. The Labute approximate surface area is 172 Å². The van der Waals surface area contributed by atoms with E-state index in [2.05, 4.69) is 50.4 Å². The van der Waals surface area contributed by atoms with Crippen molar-refractivity contribution in [1.82, 2.24) is 14.7 Å². The number of carbonyl (C=O) groups is 1. The van der Waals surface area contributed by atoms with Gasteiger partial charge in [0.1, 0.15) is 6.17 Å². The number of benzene rings is 2. The Morgan fingerprint density at radius 3 is 2.48 bits per heavy atom. The molecule has 0 fully saturated rings. The molecule has 0 saturated heterocycles. The lowest BCUT2D eigenvalue weighted by Gasteiger charge is -2.38. The summed E-state index contributed by atoms with van der Waals surface area (Å²) in [6.07, 6.45) is 0.700. The van der Waals surface area contributed by atoms with Gasteiger partial charge in [0.15, 0.2) is 0 Å². The summed E-state index contributed by atoms with van der Waals surface area (Å²) in [6.45, 7) is 9.75. The van der Waals surface area contributed by atoms with Crippen LogP contribution in [0.15, 0.2) is 48.5 Å². The predicted molar refractivity (Wildman–Crippen MR) is 116 cm³/mol. The largest absolute Gasteiger partial charge is 0.361 e. The van der Waals surface area contributed by atoms with Gasteiger partial charge in [-0.05, 0) is 44.9 Å². The Bertz CT molecular complexity index is 1040. The highest BCUT2D eigenvalue weighted by atomic mass is 16.2. The minimum Gasteiger partial charge on any atom is -0.361 e. The van der Waals surface area contributed by atoms with Crippen molar-refractivity contribution in [2.24, 2.45) is 0 Å². The number of aryl methyl sites for hydroxylation is 2. The van der Waals surface area contributed by atoms with Gasteiger partial charge in [-0.25, -0.2) is 0 Å². The van der Waals surface area contributed by atoms with Crippen molar-refractivity contribution in [3.63, 3.8) is 0 Å². The molecule has 4 rings (SSSR count). The van der Waals surface area contributed by atoms with Crippen LogP contribution in [0.1, 0.15) is 57.9 Å². The molecule has 0 unspecified atom stereocenters. The lowest BCUT2D eigenvalue weighted by atomic mass is 10.0. The molecule has 0 saturated carbocycles. The highest BCUT2D eigenvalue weighted by molar-refractivity contribution is 6.01. The van der Waals surface area contributed by atoms with E-state index in [0.717, 1.165) is 41.2 Å². The number of anilines is 1. The molecule has 0 spiro atoms. The fourth-order valence-electron chi connectivity index (χ4n) is 4.12. The van der Waals surface area contributed by atoms with Gasteiger partial charge in [0.25, 0.3) is 5.91 Å². The molecule has 1 aromatic heterocycles. The average Bonchev–Trinajstić information content (AvgIpc) is 2.99. The minimum absolute atomic E-state index is 0.0799. The van der Waals surface area contributed by atoms with Gasteiger partial charge in [0.05, 0.1) is 17.8 Å². The van der Waals surface area contributed by atoms with Crippen molar-refractivity contribution in [3.05, 3.63) is 82.2 Å². The van der Waals surface area contributed by atoms with E-state index in [9.17, 15) is 4.79 Å². The molecule has 5 nitrogen and oxygen atoms in total. The van der Waals surface area contributed by atoms with E-state index in [1.54, 1.807) is 0 Å². The normalized spacial score (nSPS) is 15.9. The van der Waals surface area contributed by atoms with Gasteiger partial charge in [-0.15, -0.1) is 0 Å². The molecule has 3 aromatic rings. The second-order valence-electron chi connectivity index (χ2n) is 7.82. The summed E-state index contributed by atoms with van der Waals surface area (Å²) >= 11 is 0. The number of hydrogen-bond donors (Lipinski definition) is 1. The zero-order chi connectivity index (χ0) is 20.5. The van der Waals surface area contributed by atoms with Crippen LogP contribution in [-0.2, 0) is 6.54 Å². The number of carbonyl (C=O) groups excluding carboxylic acids is 1. The quantitative estimate of drug-likeness (QED) is 0.681. The Morgan fingerprint density at radius 1 is 1.03 bits per heavy atom. The van der Waals surface area contributed by atoms with E-state index in [-0.39, 0.29) is 12.1 Å². The maximum Gasteiger partial charge on any atom is 0.257 e. The van der Waals surface area contributed by atoms with Gasteiger partial charge < -0.3 is 10.2 Å². The molecule has 5 heteroatoms. The number of rotatable bonds is 5. The van der Waals surface area contributed by atoms with E-state index in [4.69, 9.17) is 5.10 Å². The van der Waals surface area contributed by atoms with Crippen molar-refractivity contribution >= 4 is 11.6 Å². The summed E-state index contributed by atoms with van der Waals surface area (Å²) in [4.78, 5) is 15.1. The molecule has 150 valence electrons. The molecule has 1 aliphatic rings. The van der Waals surface area contributed by atoms with Crippen LogP contribution >= 0.6 is 0 Å². The fraction of sp³-hybridized carbons (Fsp3) is 0.333. The standard InChI is InChI=1S/C24H28N4O/c1-5-14-27-23(25-21-9-7-6-8-20(21)24(27)29)22-17(3)26-28(18(22)4)15-19-12-10-16(2)11-13-19/h6-13,23,25H,5,14-15H2,1-4H3/t23-/m1/s1. The maximum atomic E-state index is 13.2. The summed E-state index contributed by atoms with van der Waals surface area (Å²) in [6, 6.07) is 16.3. The minimum atomic E-state index is -0.205. The molecule has 0 bridgehead atoms. The maximum absolute atomic E-state index is 13.2. The second-order valence-corrected chi connectivity index (χ2v) is 7.82. The van der Waals surface area contributed by atoms with Crippen molar-refractivity contribution in [3.8, 4) is 0 Å². The van der Waals surface area contributed by atoms with Gasteiger partial charge in [-0.2, -0.15) is 5.10 Å². The van der Waals surface area contributed by atoms with Gasteiger partial charge in [-0.1, -0.05) is 48.9 Å². The van der Waals surface area contributed by atoms with E-state index in [1.165, 1.54) is 11.1 Å². The third-order valence-corrected chi connectivity index (χ3v) is 5.65. The number of fused-ring (bicyclic) bond motifs is 1. The van der Waals surface area contributed by atoms with Crippen LogP contribution in [0.3, 0.4) is 0 Å². The first-order valence-electron chi connectivity index (χ1n) is 10.3. The average molecular weight is 389 g/mol. The van der Waals surface area contributed by atoms with Crippen LogP contribution in [0.25, 0.3) is 0 Å². The monoisotopic (exact) mass is 388 g/mol. The Kier molecular flexibility index (Phi) is 5.14. The van der Waals surface area contributed by atoms with E-state index < -0.39 is 0 Å². The summed E-state index contributed by atoms with van der Waals surface area (Å²) in [5, 5.41) is 8.41. The Hall–Kier alpha value is -3.08. The number of para-hydroxylation sites is 1. The first-order valence-corrected chi connectivity index (χ1v) is 10.3. The molecule has 1 amide bonds. The second kappa shape index (κ2) is 7.74. The summed E-state index contributed by atoms with van der Waals surface area (Å²) in [5.74, 6) is 0.0799. The van der Waals surface area contributed by atoms with Gasteiger partial charge in [0.2, 0.25) is 0 Å². The van der Waals surface area contributed by atoms with E-state index in [0.29, 0.717) is 6.54 Å². The fourth-order valence-corrected chi connectivity index (χ4v) is 4.12. The Balaban J connectivity index is 1.72. The first-order chi connectivity index (χ1) is 14.0. The van der Waals surface area contributed by atoms with E-state index >= 15 is 0 Å². The number of amides is 1. The smallest absolute Gasteiger partial charge is 0.257 e. The van der Waals surface area contributed by atoms with Crippen LogP contribution < -0.4 is 5.32 Å². The van der Waals surface area contributed by atoms with Crippen molar-refractivity contribution < 1.29 is 4.79 Å². The van der Waals surface area contributed by atoms with Crippen molar-refractivity contribution in [1.29, 1.82) is 0 Å². The SMILES string of the molecule is CCCN1C(=O)c2ccccc2N[C@H]1c1c(C)nn(Cc2ccc(C)cc2)c1C. The van der Waals surface area contributed by atoms with Crippen molar-refractivity contribution in [2.75, 3.05) is 11.9 Å². The highest BCUT2D eigenvalue weighted by Gasteiger charge is 2.35.